The fraction of sp³-hybridized carbons (Fsp3) is 0. The zero-order valence-electron chi connectivity index (χ0n) is 14.3. The Morgan fingerprint density at radius 2 is 1.74 bits per heavy atom. The van der Waals surface area contributed by atoms with Crippen molar-refractivity contribution in [3.63, 3.8) is 0 Å². The largest absolute Gasteiger partial charge is 0.463 e. The highest BCUT2D eigenvalue weighted by molar-refractivity contribution is 6.00. The molecular weight excluding hydrogens is 340 g/mol. The molecule has 0 saturated carbocycles. The van der Waals surface area contributed by atoms with E-state index >= 15 is 0 Å². The predicted octanol–water partition coefficient (Wildman–Crippen LogP) is 3.90. The summed E-state index contributed by atoms with van der Waals surface area (Å²) < 4.78 is 6.85. The Hall–Kier alpha value is -3.93. The standard InChI is InChI=1S/C21H16N4O2/c26-21(23-22-14-18-12-7-13-27-18)19-15-25(17-10-5-2-6-11-17)24-20(19)16-8-3-1-4-9-16/h1-15H,(H,23,26)/b22-14+. The molecule has 0 aliphatic heterocycles. The number of amides is 1. The van der Waals surface area contributed by atoms with Crippen LogP contribution in [0, 0.1) is 0 Å². The number of furan rings is 1. The molecule has 2 heterocycles. The Morgan fingerprint density at radius 1 is 1.00 bits per heavy atom. The van der Waals surface area contributed by atoms with Gasteiger partial charge < -0.3 is 4.42 Å². The van der Waals surface area contributed by atoms with Gasteiger partial charge in [-0.05, 0) is 24.3 Å². The Labute approximate surface area is 155 Å². The van der Waals surface area contributed by atoms with Crippen molar-refractivity contribution in [1.29, 1.82) is 0 Å². The molecule has 0 unspecified atom stereocenters. The summed E-state index contributed by atoms with van der Waals surface area (Å²) in [6.45, 7) is 0. The van der Waals surface area contributed by atoms with Crippen molar-refractivity contribution in [3.05, 3.63) is 96.6 Å². The highest BCUT2D eigenvalue weighted by Gasteiger charge is 2.18. The number of hydrogen-bond acceptors (Lipinski definition) is 4. The third kappa shape index (κ3) is 3.69. The molecule has 4 rings (SSSR count). The minimum absolute atomic E-state index is 0.348. The average molecular weight is 356 g/mol. The van der Waals surface area contributed by atoms with Crippen LogP contribution in [0.15, 0.2) is 94.8 Å². The van der Waals surface area contributed by atoms with Gasteiger partial charge in [-0.15, -0.1) is 0 Å². The third-order valence-corrected chi connectivity index (χ3v) is 3.93. The molecule has 0 saturated heterocycles. The first-order valence-corrected chi connectivity index (χ1v) is 8.39. The van der Waals surface area contributed by atoms with Crippen molar-refractivity contribution < 1.29 is 9.21 Å². The lowest BCUT2D eigenvalue weighted by Crippen LogP contribution is -2.17. The Balaban J connectivity index is 1.67. The topological polar surface area (TPSA) is 72.4 Å². The number of nitrogens with zero attached hydrogens (tertiary/aromatic N) is 3. The van der Waals surface area contributed by atoms with Crippen molar-refractivity contribution in [3.8, 4) is 16.9 Å². The molecule has 0 aliphatic rings. The summed E-state index contributed by atoms with van der Waals surface area (Å²) in [5, 5.41) is 8.57. The van der Waals surface area contributed by atoms with Crippen LogP contribution in [-0.4, -0.2) is 21.9 Å². The fourth-order valence-corrected chi connectivity index (χ4v) is 2.64. The van der Waals surface area contributed by atoms with Crippen LogP contribution in [0.25, 0.3) is 16.9 Å². The monoisotopic (exact) mass is 356 g/mol. The van der Waals surface area contributed by atoms with Crippen molar-refractivity contribution in [2.75, 3.05) is 0 Å². The molecule has 0 radical (unpaired) electrons. The van der Waals surface area contributed by atoms with Crippen molar-refractivity contribution in [2.45, 2.75) is 0 Å². The highest BCUT2D eigenvalue weighted by Crippen LogP contribution is 2.23. The number of para-hydroxylation sites is 1. The summed E-state index contributed by atoms with van der Waals surface area (Å²) >= 11 is 0. The molecule has 4 aromatic rings. The second-order valence-electron chi connectivity index (χ2n) is 5.75. The third-order valence-electron chi connectivity index (χ3n) is 3.93. The van der Waals surface area contributed by atoms with E-state index in [2.05, 4.69) is 15.6 Å². The highest BCUT2D eigenvalue weighted by atomic mass is 16.3. The summed E-state index contributed by atoms with van der Waals surface area (Å²) in [7, 11) is 0. The molecule has 132 valence electrons. The van der Waals surface area contributed by atoms with E-state index in [9.17, 15) is 4.79 Å². The second kappa shape index (κ2) is 7.53. The summed E-state index contributed by atoms with van der Waals surface area (Å²) in [5.74, 6) is 0.206. The van der Waals surface area contributed by atoms with Crippen LogP contribution in [-0.2, 0) is 0 Å². The van der Waals surface area contributed by atoms with E-state index in [-0.39, 0.29) is 5.91 Å². The molecule has 0 atom stereocenters. The molecule has 2 aromatic carbocycles. The number of carbonyl (C=O) groups is 1. The summed E-state index contributed by atoms with van der Waals surface area (Å²) in [4.78, 5) is 12.7. The van der Waals surface area contributed by atoms with Gasteiger partial charge in [0, 0.05) is 11.8 Å². The summed E-state index contributed by atoms with van der Waals surface area (Å²) in [5.41, 5.74) is 5.27. The van der Waals surface area contributed by atoms with Crippen molar-refractivity contribution >= 4 is 12.1 Å². The fourth-order valence-electron chi connectivity index (χ4n) is 2.64. The van der Waals surface area contributed by atoms with Gasteiger partial charge in [-0.2, -0.15) is 10.2 Å². The Kier molecular flexibility index (Phi) is 4.61. The van der Waals surface area contributed by atoms with Crippen molar-refractivity contribution in [2.24, 2.45) is 5.10 Å². The van der Waals surface area contributed by atoms with E-state index in [0.29, 0.717) is 17.0 Å². The second-order valence-corrected chi connectivity index (χ2v) is 5.75. The van der Waals surface area contributed by atoms with Crippen LogP contribution < -0.4 is 5.43 Å². The zero-order valence-corrected chi connectivity index (χ0v) is 14.3. The van der Waals surface area contributed by atoms with Gasteiger partial charge in [0.2, 0.25) is 0 Å². The van der Waals surface area contributed by atoms with E-state index in [4.69, 9.17) is 4.42 Å². The number of aromatic nitrogens is 2. The smallest absolute Gasteiger partial charge is 0.275 e. The van der Waals surface area contributed by atoms with E-state index in [0.717, 1.165) is 11.3 Å². The van der Waals surface area contributed by atoms with Crippen LogP contribution >= 0.6 is 0 Å². The first-order valence-electron chi connectivity index (χ1n) is 8.39. The van der Waals surface area contributed by atoms with Gasteiger partial charge in [-0.3, -0.25) is 4.79 Å². The van der Waals surface area contributed by atoms with Gasteiger partial charge in [-0.1, -0.05) is 48.5 Å². The number of carbonyl (C=O) groups excluding carboxylic acids is 1. The van der Waals surface area contributed by atoms with Crippen LogP contribution in [0.5, 0.6) is 0 Å². The van der Waals surface area contributed by atoms with E-state index < -0.39 is 0 Å². The van der Waals surface area contributed by atoms with Gasteiger partial charge in [0.1, 0.15) is 11.5 Å². The summed E-state index contributed by atoms with van der Waals surface area (Å²) in [6.07, 6.45) is 4.69. The van der Waals surface area contributed by atoms with Crippen LogP contribution in [0.1, 0.15) is 16.1 Å². The van der Waals surface area contributed by atoms with Crippen molar-refractivity contribution in [1.82, 2.24) is 15.2 Å². The van der Waals surface area contributed by atoms with Gasteiger partial charge >= 0.3 is 0 Å². The molecule has 0 spiro atoms. The molecule has 0 aliphatic carbocycles. The molecule has 0 bridgehead atoms. The maximum Gasteiger partial charge on any atom is 0.275 e. The Morgan fingerprint density at radius 3 is 2.44 bits per heavy atom. The lowest BCUT2D eigenvalue weighted by molar-refractivity contribution is 0.0955. The van der Waals surface area contributed by atoms with E-state index in [1.165, 1.54) is 6.21 Å². The molecule has 27 heavy (non-hydrogen) atoms. The normalized spacial score (nSPS) is 11.0. The lowest BCUT2D eigenvalue weighted by atomic mass is 10.1. The van der Waals surface area contributed by atoms with Crippen LogP contribution in [0.3, 0.4) is 0 Å². The van der Waals surface area contributed by atoms with Gasteiger partial charge in [0.25, 0.3) is 5.91 Å². The minimum Gasteiger partial charge on any atom is -0.463 e. The van der Waals surface area contributed by atoms with Gasteiger partial charge in [-0.25, -0.2) is 10.1 Å². The molecule has 1 amide bonds. The first-order chi connectivity index (χ1) is 13.3. The molecule has 1 N–H and O–H groups in total. The molecule has 0 fully saturated rings. The van der Waals surface area contributed by atoms with E-state index in [1.807, 2.05) is 60.7 Å². The lowest BCUT2D eigenvalue weighted by Gasteiger charge is -2.01. The molecule has 6 nitrogen and oxygen atoms in total. The SMILES string of the molecule is O=C(N/N=C/c1ccco1)c1cn(-c2ccccc2)nc1-c1ccccc1. The number of hydrazone groups is 1. The van der Waals surface area contributed by atoms with Crippen LogP contribution in [0.2, 0.25) is 0 Å². The number of benzene rings is 2. The first kappa shape index (κ1) is 16.5. The quantitative estimate of drug-likeness (QED) is 0.435. The molecular formula is C21H16N4O2. The predicted molar refractivity (Wildman–Crippen MR) is 103 cm³/mol. The number of hydrogen-bond donors (Lipinski definition) is 1. The zero-order chi connectivity index (χ0) is 18.5. The average Bonchev–Trinajstić information content (AvgIpc) is 3.39. The minimum atomic E-state index is -0.348. The summed E-state index contributed by atoms with van der Waals surface area (Å²) in [6, 6.07) is 22.7. The van der Waals surface area contributed by atoms with E-state index in [1.54, 1.807) is 29.3 Å². The number of nitrogens with one attached hydrogen (secondary N) is 1. The molecule has 6 heteroatoms. The number of rotatable bonds is 5. The van der Waals surface area contributed by atoms with Crippen LogP contribution in [0.4, 0.5) is 0 Å². The maximum absolute atomic E-state index is 12.7. The van der Waals surface area contributed by atoms with Gasteiger partial charge in [0.15, 0.2) is 0 Å². The maximum atomic E-state index is 12.7. The van der Waals surface area contributed by atoms with Gasteiger partial charge in [0.05, 0.1) is 23.7 Å². The Bertz CT molecular complexity index is 1050. The molecule has 2 aromatic heterocycles.